The van der Waals surface area contributed by atoms with Gasteiger partial charge in [-0.2, -0.15) is 0 Å². The van der Waals surface area contributed by atoms with Crippen molar-refractivity contribution in [3.05, 3.63) is 60.6 Å². The Hall–Kier alpha value is -2.36. The molecule has 3 rings (SSSR count). The molecule has 2 aliphatic heterocycles. The first-order valence-electron chi connectivity index (χ1n) is 8.66. The number of aromatic nitrogens is 1. The van der Waals surface area contributed by atoms with Gasteiger partial charge in [-0.1, -0.05) is 25.7 Å². The Morgan fingerprint density at radius 2 is 2.08 bits per heavy atom. The largest absolute Gasteiger partial charge is 0.342 e. The molecule has 0 amide bonds. The smallest absolute Gasteiger partial charge is 0.206 e. The topological polar surface area (TPSA) is 31.7 Å². The van der Waals surface area contributed by atoms with Crippen molar-refractivity contribution in [3.63, 3.8) is 0 Å². The van der Waals surface area contributed by atoms with Crippen LogP contribution < -0.4 is 0 Å². The minimum Gasteiger partial charge on any atom is -0.342 e. The van der Waals surface area contributed by atoms with E-state index in [4.69, 9.17) is 4.99 Å². The second kappa shape index (κ2) is 7.04. The van der Waals surface area contributed by atoms with Gasteiger partial charge in [0.1, 0.15) is 0 Å². The molecule has 4 nitrogen and oxygen atoms in total. The number of rotatable bonds is 3. The normalized spacial score (nSPS) is 21.4. The van der Waals surface area contributed by atoms with Gasteiger partial charge in [0, 0.05) is 43.8 Å². The highest BCUT2D eigenvalue weighted by Gasteiger charge is 2.28. The summed E-state index contributed by atoms with van der Waals surface area (Å²) in [6.45, 7) is 12.7. The van der Waals surface area contributed by atoms with E-state index in [2.05, 4.69) is 34.9 Å². The van der Waals surface area contributed by atoms with Gasteiger partial charge in [0.05, 0.1) is 5.70 Å². The molecule has 0 radical (unpaired) electrons. The standard InChI is InChI=1S/C20H26N4/c1-5-15(2)18-7-6-12-24(14-18)20-22-19(13-16(3)23(20)4)17-8-10-21-11-9-17/h8-11,13,18H,2-3,5-7,12,14H2,1,4H3. The van der Waals surface area contributed by atoms with Gasteiger partial charge in [0.25, 0.3) is 0 Å². The molecular formula is C20H26N4. The molecule has 1 aromatic heterocycles. The van der Waals surface area contributed by atoms with Gasteiger partial charge in [-0.15, -0.1) is 0 Å². The Kier molecular flexibility index (Phi) is 4.84. The first-order valence-corrected chi connectivity index (χ1v) is 8.66. The van der Waals surface area contributed by atoms with Gasteiger partial charge >= 0.3 is 0 Å². The minimum atomic E-state index is 0.559. The third-order valence-corrected chi connectivity index (χ3v) is 4.97. The molecule has 0 aliphatic carbocycles. The highest BCUT2D eigenvalue weighted by Crippen LogP contribution is 2.29. The summed E-state index contributed by atoms with van der Waals surface area (Å²) >= 11 is 0. The number of aliphatic imine (C=N–C) groups is 1. The summed E-state index contributed by atoms with van der Waals surface area (Å²) in [6.07, 6.45) is 9.09. The summed E-state index contributed by atoms with van der Waals surface area (Å²) < 4.78 is 0. The summed E-state index contributed by atoms with van der Waals surface area (Å²) in [6, 6.07) is 3.98. The average molecular weight is 322 g/mol. The van der Waals surface area contributed by atoms with Crippen LogP contribution in [0.1, 0.15) is 31.7 Å². The van der Waals surface area contributed by atoms with Crippen LogP contribution in [-0.2, 0) is 0 Å². The first kappa shape index (κ1) is 16.5. The van der Waals surface area contributed by atoms with E-state index in [1.807, 2.05) is 25.3 Å². The number of likely N-dealkylation sites (N-methyl/N-ethyl adjacent to an activating group) is 1. The Balaban J connectivity index is 1.88. The highest BCUT2D eigenvalue weighted by molar-refractivity contribution is 5.91. The third kappa shape index (κ3) is 3.28. The molecule has 0 saturated carbocycles. The van der Waals surface area contributed by atoms with Crippen LogP contribution >= 0.6 is 0 Å². The Labute approximate surface area is 144 Å². The number of guanidine groups is 1. The molecule has 0 aromatic carbocycles. The lowest BCUT2D eigenvalue weighted by atomic mass is 9.90. The van der Waals surface area contributed by atoms with Gasteiger partial charge < -0.3 is 9.80 Å². The van der Waals surface area contributed by atoms with E-state index in [0.717, 1.165) is 42.4 Å². The number of piperidine rings is 1. The number of pyridine rings is 1. The van der Waals surface area contributed by atoms with E-state index in [1.54, 1.807) is 12.4 Å². The van der Waals surface area contributed by atoms with Crippen molar-refractivity contribution >= 4 is 11.7 Å². The zero-order valence-electron chi connectivity index (χ0n) is 14.7. The van der Waals surface area contributed by atoms with Crippen molar-refractivity contribution in [1.29, 1.82) is 0 Å². The Morgan fingerprint density at radius 3 is 2.79 bits per heavy atom. The van der Waals surface area contributed by atoms with Crippen LogP contribution in [0.4, 0.5) is 0 Å². The average Bonchev–Trinajstić information content (AvgIpc) is 2.64. The predicted octanol–water partition coefficient (Wildman–Crippen LogP) is 3.92. The molecule has 1 unspecified atom stereocenters. The first-order chi connectivity index (χ1) is 11.6. The van der Waals surface area contributed by atoms with E-state index in [1.165, 1.54) is 18.4 Å². The van der Waals surface area contributed by atoms with Gasteiger partial charge in [0.2, 0.25) is 5.96 Å². The second-order valence-electron chi connectivity index (χ2n) is 6.52. The Morgan fingerprint density at radius 1 is 1.33 bits per heavy atom. The molecule has 1 saturated heterocycles. The Bertz CT molecular complexity index is 687. The molecule has 0 spiro atoms. The lowest BCUT2D eigenvalue weighted by molar-refractivity contribution is 0.261. The zero-order chi connectivity index (χ0) is 17.1. The number of nitrogens with zero attached hydrogens (tertiary/aromatic N) is 4. The number of likely N-dealkylation sites (tertiary alicyclic amines) is 1. The van der Waals surface area contributed by atoms with Crippen LogP contribution in [0, 0.1) is 5.92 Å². The SMILES string of the molecule is C=C(CC)C1CCCN(C2=NC(c3ccncc3)=CC(=C)N2C)C1. The maximum Gasteiger partial charge on any atom is 0.206 e. The fourth-order valence-corrected chi connectivity index (χ4v) is 3.33. The highest BCUT2D eigenvalue weighted by atomic mass is 15.4. The van der Waals surface area contributed by atoms with Crippen LogP contribution in [0.3, 0.4) is 0 Å². The molecule has 1 atom stereocenters. The zero-order valence-corrected chi connectivity index (χ0v) is 14.7. The molecule has 1 fully saturated rings. The second-order valence-corrected chi connectivity index (χ2v) is 6.52. The maximum atomic E-state index is 4.94. The van der Waals surface area contributed by atoms with E-state index in [9.17, 15) is 0 Å². The maximum absolute atomic E-state index is 4.94. The van der Waals surface area contributed by atoms with E-state index in [-0.39, 0.29) is 0 Å². The monoisotopic (exact) mass is 322 g/mol. The van der Waals surface area contributed by atoms with Crippen molar-refractivity contribution < 1.29 is 0 Å². The summed E-state index contributed by atoms with van der Waals surface area (Å²) in [5.41, 5.74) is 4.33. The molecule has 24 heavy (non-hydrogen) atoms. The van der Waals surface area contributed by atoms with Gasteiger partial charge in [-0.3, -0.25) is 4.98 Å². The minimum absolute atomic E-state index is 0.559. The van der Waals surface area contributed by atoms with Crippen molar-refractivity contribution in [2.75, 3.05) is 20.1 Å². The molecule has 126 valence electrons. The lowest BCUT2D eigenvalue weighted by Crippen LogP contribution is -2.47. The predicted molar refractivity (Wildman–Crippen MR) is 100 cm³/mol. The molecule has 2 aliphatic rings. The number of allylic oxidation sites excluding steroid dienone is 1. The quantitative estimate of drug-likeness (QED) is 0.791. The van der Waals surface area contributed by atoms with Gasteiger partial charge in [-0.05, 0) is 43.4 Å². The molecule has 0 N–H and O–H groups in total. The summed E-state index contributed by atoms with van der Waals surface area (Å²) in [7, 11) is 2.04. The van der Waals surface area contributed by atoms with Crippen LogP contribution in [0.25, 0.3) is 5.70 Å². The van der Waals surface area contributed by atoms with Crippen LogP contribution in [0.15, 0.2) is 60.0 Å². The number of hydrogen-bond acceptors (Lipinski definition) is 4. The van der Waals surface area contributed by atoms with Crippen LogP contribution in [0.2, 0.25) is 0 Å². The summed E-state index contributed by atoms with van der Waals surface area (Å²) in [5, 5.41) is 0. The van der Waals surface area contributed by atoms with Crippen molar-refractivity contribution in [1.82, 2.24) is 14.8 Å². The fourth-order valence-electron chi connectivity index (χ4n) is 3.33. The summed E-state index contributed by atoms with van der Waals surface area (Å²) in [5.74, 6) is 1.55. The lowest BCUT2D eigenvalue weighted by Gasteiger charge is -2.40. The van der Waals surface area contributed by atoms with Crippen molar-refractivity contribution in [2.45, 2.75) is 26.2 Å². The number of hydrogen-bond donors (Lipinski definition) is 0. The van der Waals surface area contributed by atoms with E-state index >= 15 is 0 Å². The van der Waals surface area contributed by atoms with E-state index in [0.29, 0.717) is 5.92 Å². The van der Waals surface area contributed by atoms with Gasteiger partial charge in [-0.25, -0.2) is 4.99 Å². The van der Waals surface area contributed by atoms with Crippen LogP contribution in [-0.4, -0.2) is 40.9 Å². The molecule has 1 aromatic rings. The third-order valence-electron chi connectivity index (χ3n) is 4.97. The van der Waals surface area contributed by atoms with E-state index < -0.39 is 0 Å². The summed E-state index contributed by atoms with van der Waals surface area (Å²) in [4.78, 5) is 13.5. The van der Waals surface area contributed by atoms with Crippen molar-refractivity contribution in [2.24, 2.45) is 10.9 Å². The van der Waals surface area contributed by atoms with Crippen molar-refractivity contribution in [3.8, 4) is 0 Å². The molecular weight excluding hydrogens is 296 g/mol. The van der Waals surface area contributed by atoms with Crippen LogP contribution in [0.5, 0.6) is 0 Å². The molecule has 0 bridgehead atoms. The molecule has 4 heteroatoms. The van der Waals surface area contributed by atoms with Gasteiger partial charge in [0.15, 0.2) is 0 Å². The molecule has 3 heterocycles. The fraction of sp³-hybridized carbons (Fsp3) is 0.400.